The van der Waals surface area contributed by atoms with Gasteiger partial charge in [-0.3, -0.25) is 0 Å². The highest BCUT2D eigenvalue weighted by atomic mass is 33.5. The first-order valence-electron chi connectivity index (χ1n) is 9.89. The fourth-order valence-electron chi connectivity index (χ4n) is 2.81. The molecule has 1 aromatic rings. The molecule has 0 aliphatic carbocycles. The van der Waals surface area contributed by atoms with E-state index in [1.54, 1.807) is 33.9 Å². The summed E-state index contributed by atoms with van der Waals surface area (Å²) >= 11 is 0. The van der Waals surface area contributed by atoms with Crippen molar-refractivity contribution in [2.24, 2.45) is 0 Å². The van der Waals surface area contributed by atoms with Gasteiger partial charge in [-0.1, -0.05) is 38.8 Å². The second-order valence-electron chi connectivity index (χ2n) is 7.50. The van der Waals surface area contributed by atoms with Crippen molar-refractivity contribution in [3.63, 3.8) is 0 Å². The van der Waals surface area contributed by atoms with Gasteiger partial charge in [0, 0.05) is 63.9 Å². The van der Waals surface area contributed by atoms with Crippen LogP contribution in [0.3, 0.4) is 0 Å². The Morgan fingerprint density at radius 3 is 2.50 bits per heavy atom. The first-order chi connectivity index (χ1) is 13.4. The van der Waals surface area contributed by atoms with Gasteiger partial charge in [0.05, 0.1) is 0 Å². The Morgan fingerprint density at radius 2 is 1.86 bits per heavy atom. The van der Waals surface area contributed by atoms with E-state index in [0.29, 0.717) is 11.5 Å². The summed E-state index contributed by atoms with van der Waals surface area (Å²) in [6.07, 6.45) is 5.18. The lowest BCUT2D eigenvalue weighted by atomic mass is 10.0. The Bertz CT molecular complexity index is 635. The number of amides is 1. The maximum atomic E-state index is 12.5. The lowest BCUT2D eigenvalue weighted by molar-refractivity contribution is 0.132. The monoisotopic (exact) mass is 444 g/mol. The molecule has 28 heavy (non-hydrogen) atoms. The molecule has 0 aromatic heterocycles. The van der Waals surface area contributed by atoms with Gasteiger partial charge in [0.2, 0.25) is 0 Å². The molecule has 0 fully saturated rings. The average Bonchev–Trinajstić information content (AvgIpc) is 2.98. The SMILES string of the molecule is CCCCN(CCCC)SSSN(C)C(=O)Oc1cccc2c1OC(C)(C)C2. The number of unbranched alkanes of at least 4 members (excludes halogenated alkanes) is 2. The zero-order valence-corrected chi connectivity index (χ0v) is 20.0. The number of hydrogen-bond donors (Lipinski definition) is 0. The summed E-state index contributed by atoms with van der Waals surface area (Å²) in [6.45, 7) is 10.6. The largest absolute Gasteiger partial charge is 0.483 e. The Kier molecular flexibility index (Phi) is 9.66. The highest BCUT2D eigenvalue weighted by molar-refractivity contribution is 9.08. The Labute approximate surface area is 181 Å². The van der Waals surface area contributed by atoms with Gasteiger partial charge in [0.25, 0.3) is 0 Å². The number of para-hydroxylation sites is 1. The van der Waals surface area contributed by atoms with Crippen molar-refractivity contribution >= 4 is 37.9 Å². The third-order valence-electron chi connectivity index (χ3n) is 4.31. The van der Waals surface area contributed by atoms with Crippen LogP contribution >= 0.6 is 31.8 Å². The molecule has 1 aliphatic heterocycles. The summed E-state index contributed by atoms with van der Waals surface area (Å²) in [4.78, 5) is 12.5. The van der Waals surface area contributed by atoms with Crippen LogP contribution in [-0.2, 0) is 6.42 Å². The molecule has 2 rings (SSSR count). The van der Waals surface area contributed by atoms with Crippen LogP contribution in [0.15, 0.2) is 18.2 Å². The third kappa shape index (κ3) is 7.28. The number of carbonyl (C=O) groups excluding carboxylic acids is 1. The molecule has 0 radical (unpaired) electrons. The zero-order valence-electron chi connectivity index (χ0n) is 17.5. The standard InChI is InChI=1S/C20H32N2O3S3/c1-6-8-13-22(14-9-7-2)27-28-26-21(5)19(23)24-17-12-10-11-16-15-20(3,4)25-18(16)17/h10-12H,6-9,13-15H2,1-5H3. The van der Waals surface area contributed by atoms with Crippen molar-refractivity contribution in [1.82, 2.24) is 8.61 Å². The molecular weight excluding hydrogens is 412 g/mol. The third-order valence-corrected chi connectivity index (χ3v) is 8.14. The molecular formula is C20H32N2O3S3. The molecule has 1 heterocycles. The second kappa shape index (κ2) is 11.5. The van der Waals surface area contributed by atoms with E-state index in [0.717, 1.165) is 25.1 Å². The zero-order chi connectivity index (χ0) is 20.6. The molecule has 1 aromatic carbocycles. The first-order valence-corrected chi connectivity index (χ1v) is 13.3. The fraction of sp³-hybridized carbons (Fsp3) is 0.650. The Morgan fingerprint density at radius 1 is 1.18 bits per heavy atom. The summed E-state index contributed by atoms with van der Waals surface area (Å²) in [5.41, 5.74) is 0.816. The number of fused-ring (bicyclic) bond motifs is 1. The molecule has 1 amide bonds. The van der Waals surface area contributed by atoms with E-state index in [1.165, 1.54) is 41.0 Å². The van der Waals surface area contributed by atoms with Crippen molar-refractivity contribution in [3.8, 4) is 11.5 Å². The van der Waals surface area contributed by atoms with Crippen LogP contribution < -0.4 is 9.47 Å². The molecule has 0 saturated heterocycles. The predicted molar refractivity (Wildman–Crippen MR) is 123 cm³/mol. The van der Waals surface area contributed by atoms with Crippen LogP contribution in [0.5, 0.6) is 11.5 Å². The van der Waals surface area contributed by atoms with E-state index in [2.05, 4.69) is 18.2 Å². The minimum atomic E-state index is -0.395. The van der Waals surface area contributed by atoms with Crippen LogP contribution in [0.4, 0.5) is 4.79 Å². The van der Waals surface area contributed by atoms with Crippen LogP contribution in [0.2, 0.25) is 0 Å². The predicted octanol–water partition coefficient (Wildman–Crippen LogP) is 6.59. The Balaban J connectivity index is 1.83. The molecule has 158 valence electrons. The van der Waals surface area contributed by atoms with Crippen molar-refractivity contribution in [2.75, 3.05) is 20.1 Å². The highest BCUT2D eigenvalue weighted by Gasteiger charge is 2.33. The maximum Gasteiger partial charge on any atom is 0.425 e. The molecule has 0 atom stereocenters. The summed E-state index contributed by atoms with van der Waals surface area (Å²) < 4.78 is 15.5. The quantitative estimate of drug-likeness (QED) is 0.281. The summed E-state index contributed by atoms with van der Waals surface area (Å²) in [5.74, 6) is 1.18. The molecule has 0 bridgehead atoms. The van der Waals surface area contributed by atoms with E-state index >= 15 is 0 Å². The van der Waals surface area contributed by atoms with Gasteiger partial charge in [-0.05, 0) is 32.8 Å². The Hall–Kier alpha value is -0.700. The lowest BCUT2D eigenvalue weighted by Crippen LogP contribution is -2.25. The number of rotatable bonds is 11. The normalized spacial score (nSPS) is 14.6. The molecule has 0 saturated carbocycles. The van der Waals surface area contributed by atoms with E-state index < -0.39 is 6.09 Å². The van der Waals surface area contributed by atoms with Gasteiger partial charge in [-0.2, -0.15) is 0 Å². The first kappa shape index (κ1) is 23.6. The maximum absolute atomic E-state index is 12.5. The van der Waals surface area contributed by atoms with Gasteiger partial charge in [-0.25, -0.2) is 13.4 Å². The number of nitrogens with zero attached hydrogens (tertiary/aromatic N) is 2. The molecule has 0 unspecified atom stereocenters. The number of hydrogen-bond acceptors (Lipinski definition) is 7. The van der Waals surface area contributed by atoms with E-state index in [4.69, 9.17) is 9.47 Å². The average molecular weight is 445 g/mol. The molecule has 0 N–H and O–H groups in total. The van der Waals surface area contributed by atoms with Gasteiger partial charge in [0.15, 0.2) is 11.5 Å². The van der Waals surface area contributed by atoms with Gasteiger partial charge < -0.3 is 9.47 Å². The van der Waals surface area contributed by atoms with Crippen LogP contribution in [0.25, 0.3) is 0 Å². The van der Waals surface area contributed by atoms with Gasteiger partial charge in [0.1, 0.15) is 5.60 Å². The van der Waals surface area contributed by atoms with Gasteiger partial charge in [-0.15, -0.1) is 0 Å². The van der Waals surface area contributed by atoms with Crippen molar-refractivity contribution in [2.45, 2.75) is 65.4 Å². The highest BCUT2D eigenvalue weighted by Crippen LogP contribution is 2.43. The van der Waals surface area contributed by atoms with Crippen molar-refractivity contribution in [3.05, 3.63) is 23.8 Å². The summed E-state index contributed by atoms with van der Waals surface area (Å²) in [5, 5.41) is 0. The van der Waals surface area contributed by atoms with Crippen molar-refractivity contribution < 1.29 is 14.3 Å². The van der Waals surface area contributed by atoms with E-state index in [-0.39, 0.29) is 5.60 Å². The smallest absolute Gasteiger partial charge is 0.425 e. The fourth-order valence-corrected chi connectivity index (χ4v) is 6.61. The van der Waals surface area contributed by atoms with E-state index in [9.17, 15) is 4.79 Å². The van der Waals surface area contributed by atoms with Gasteiger partial charge >= 0.3 is 6.09 Å². The lowest BCUT2D eigenvalue weighted by Gasteiger charge is -2.21. The van der Waals surface area contributed by atoms with E-state index in [1.807, 2.05) is 26.0 Å². The van der Waals surface area contributed by atoms with Crippen LogP contribution in [0, 0.1) is 0 Å². The molecule has 0 spiro atoms. The molecule has 1 aliphatic rings. The summed E-state index contributed by atoms with van der Waals surface area (Å²) in [7, 11) is 6.42. The van der Waals surface area contributed by atoms with Crippen molar-refractivity contribution in [1.29, 1.82) is 0 Å². The van der Waals surface area contributed by atoms with Crippen LogP contribution in [-0.4, -0.2) is 40.4 Å². The minimum Gasteiger partial charge on any atom is -0.483 e. The second-order valence-corrected chi connectivity index (χ2v) is 11.5. The van der Waals surface area contributed by atoms with Crippen LogP contribution in [0.1, 0.15) is 58.9 Å². The number of carbonyl (C=O) groups is 1. The summed E-state index contributed by atoms with van der Waals surface area (Å²) in [6, 6.07) is 5.71. The number of ether oxygens (including phenoxy) is 2. The minimum absolute atomic E-state index is 0.265. The molecule has 5 nitrogen and oxygen atoms in total. The number of benzene rings is 1. The topological polar surface area (TPSA) is 42.0 Å². The molecule has 8 heteroatoms.